The monoisotopic (exact) mass is 321 g/mol. The van der Waals surface area contributed by atoms with Gasteiger partial charge in [0, 0.05) is 12.2 Å². The number of hydrogen-bond donors (Lipinski definition) is 2. The molecule has 1 unspecified atom stereocenters. The minimum atomic E-state index is -2.32. The normalized spacial score (nSPS) is 13.6. The molecule has 2 rings (SSSR count). The molecule has 0 bridgehead atoms. The summed E-state index contributed by atoms with van der Waals surface area (Å²) in [6, 6.07) is 17.1. The molecule has 6 heteroatoms. The van der Waals surface area contributed by atoms with Gasteiger partial charge in [0.05, 0.1) is 6.10 Å². The first kappa shape index (κ1) is 16.6. The number of anilines is 1. The van der Waals surface area contributed by atoms with Crippen LogP contribution in [-0.4, -0.2) is 20.6 Å². The van der Waals surface area contributed by atoms with E-state index >= 15 is 0 Å². The summed E-state index contributed by atoms with van der Waals surface area (Å²) in [4.78, 5) is 1.83. The Morgan fingerprint density at radius 1 is 1.18 bits per heavy atom. The quantitative estimate of drug-likeness (QED) is 0.606. The van der Waals surface area contributed by atoms with E-state index < -0.39 is 17.5 Å². The van der Waals surface area contributed by atoms with Gasteiger partial charge in [-0.15, -0.1) is 0 Å². The molecule has 2 aromatic carbocycles. The largest absolute Gasteiger partial charge is 0.389 e. The van der Waals surface area contributed by atoms with Crippen LogP contribution < -0.4 is 4.90 Å². The fraction of sp³-hybridized carbons (Fsp3) is 0.250. The van der Waals surface area contributed by atoms with E-state index in [4.69, 9.17) is 8.74 Å². The Bertz CT molecular complexity index is 619. The lowest BCUT2D eigenvalue weighted by Gasteiger charge is -2.24. The van der Waals surface area contributed by atoms with Gasteiger partial charge >= 0.3 is 11.4 Å². The van der Waals surface area contributed by atoms with Crippen LogP contribution in [0.3, 0.4) is 0 Å². The molecule has 0 saturated carbocycles. The van der Waals surface area contributed by atoms with Gasteiger partial charge in [0.1, 0.15) is 6.73 Å². The summed E-state index contributed by atoms with van der Waals surface area (Å²) in [6.45, 7) is 2.20. The molecule has 0 heterocycles. The van der Waals surface area contributed by atoms with Gasteiger partial charge in [-0.1, -0.05) is 42.5 Å². The Morgan fingerprint density at radius 2 is 1.91 bits per heavy atom. The van der Waals surface area contributed by atoms with Gasteiger partial charge < -0.3 is 10.0 Å². The molecule has 0 spiro atoms. The third kappa shape index (κ3) is 4.92. The summed E-state index contributed by atoms with van der Waals surface area (Å²) in [6.07, 6.45) is -0.577. The molecule has 0 aliphatic rings. The minimum Gasteiger partial charge on any atom is -0.389 e. The smallest absolute Gasteiger partial charge is 0.303 e. The third-order valence-corrected chi connectivity index (χ3v) is 3.55. The zero-order valence-electron chi connectivity index (χ0n) is 12.3. The fourth-order valence-corrected chi connectivity index (χ4v) is 2.32. The Balaban J connectivity index is 2.23. The maximum Gasteiger partial charge on any atom is 0.303 e. The zero-order valence-corrected chi connectivity index (χ0v) is 13.1. The highest BCUT2D eigenvalue weighted by molar-refractivity contribution is 7.74. The highest BCUT2D eigenvalue weighted by atomic mass is 32.2. The Hall–Kier alpha value is -1.73. The SMILES string of the molecule is C[C@@H](O)c1cccc(N(COS(=O)O)Cc2ccccc2)c1. The molecule has 118 valence electrons. The number of rotatable bonds is 7. The van der Waals surface area contributed by atoms with E-state index in [1.165, 1.54) is 0 Å². The standard InChI is InChI=1S/C16H19NO4S/c1-13(18)15-8-5-9-16(10-15)17(12-21-22(19)20)11-14-6-3-2-4-7-14/h2-10,13,18H,11-12H2,1H3,(H,19,20)/t13-/m1/s1. The van der Waals surface area contributed by atoms with E-state index in [2.05, 4.69) is 0 Å². The summed E-state index contributed by atoms with van der Waals surface area (Å²) in [7, 11) is 0. The van der Waals surface area contributed by atoms with Crippen molar-refractivity contribution in [2.45, 2.75) is 19.6 Å². The molecule has 0 fully saturated rings. The van der Waals surface area contributed by atoms with Crippen LogP contribution in [-0.2, 0) is 22.1 Å². The number of nitrogens with zero attached hydrogens (tertiary/aromatic N) is 1. The van der Waals surface area contributed by atoms with Crippen LogP contribution in [0.15, 0.2) is 54.6 Å². The van der Waals surface area contributed by atoms with E-state index in [1.807, 2.05) is 59.5 Å². The van der Waals surface area contributed by atoms with Gasteiger partial charge in [-0.3, -0.25) is 4.55 Å². The number of aliphatic hydroxyl groups excluding tert-OH is 1. The topological polar surface area (TPSA) is 70.0 Å². The molecule has 5 nitrogen and oxygen atoms in total. The molecule has 0 aromatic heterocycles. The van der Waals surface area contributed by atoms with Gasteiger partial charge in [-0.05, 0) is 30.2 Å². The molecular formula is C16H19NO4S. The average Bonchev–Trinajstić information content (AvgIpc) is 2.52. The molecular weight excluding hydrogens is 302 g/mol. The number of benzene rings is 2. The maximum atomic E-state index is 10.8. The number of hydrogen-bond acceptors (Lipinski definition) is 4. The molecule has 22 heavy (non-hydrogen) atoms. The molecule has 2 atom stereocenters. The summed E-state index contributed by atoms with van der Waals surface area (Å²) in [5.74, 6) is 0. The fourth-order valence-electron chi connectivity index (χ4n) is 2.11. The van der Waals surface area contributed by atoms with E-state index in [0.29, 0.717) is 6.54 Å². The van der Waals surface area contributed by atoms with Crippen molar-refractivity contribution in [2.24, 2.45) is 0 Å². The second-order valence-corrected chi connectivity index (χ2v) is 5.59. The van der Waals surface area contributed by atoms with Crippen molar-refractivity contribution in [2.75, 3.05) is 11.6 Å². The van der Waals surface area contributed by atoms with Crippen molar-refractivity contribution in [3.63, 3.8) is 0 Å². The summed E-state index contributed by atoms with van der Waals surface area (Å²) in [5, 5.41) is 9.70. The number of aliphatic hydroxyl groups is 1. The summed E-state index contributed by atoms with van der Waals surface area (Å²) in [5.41, 5.74) is 2.64. The molecule has 0 aliphatic carbocycles. The average molecular weight is 321 g/mol. The predicted molar refractivity (Wildman–Crippen MR) is 86.4 cm³/mol. The van der Waals surface area contributed by atoms with Crippen LogP contribution >= 0.6 is 0 Å². The minimum absolute atomic E-state index is 0.0265. The van der Waals surface area contributed by atoms with Crippen LogP contribution in [0.4, 0.5) is 5.69 Å². The molecule has 0 aliphatic heterocycles. The van der Waals surface area contributed by atoms with Crippen molar-refractivity contribution in [1.29, 1.82) is 0 Å². The maximum absolute atomic E-state index is 10.8. The molecule has 0 radical (unpaired) electrons. The first-order valence-corrected chi connectivity index (χ1v) is 7.90. The van der Waals surface area contributed by atoms with E-state index in [-0.39, 0.29) is 6.73 Å². The van der Waals surface area contributed by atoms with Crippen LogP contribution in [0.2, 0.25) is 0 Å². The highest BCUT2D eigenvalue weighted by Crippen LogP contribution is 2.22. The van der Waals surface area contributed by atoms with Crippen molar-refractivity contribution in [3.8, 4) is 0 Å². The molecule has 2 N–H and O–H groups in total. The van der Waals surface area contributed by atoms with Crippen LogP contribution in [0.25, 0.3) is 0 Å². The molecule has 2 aromatic rings. The summed E-state index contributed by atoms with van der Waals surface area (Å²) < 4.78 is 24.4. The van der Waals surface area contributed by atoms with Crippen molar-refractivity contribution in [3.05, 3.63) is 65.7 Å². The van der Waals surface area contributed by atoms with E-state index in [9.17, 15) is 9.32 Å². The second kappa shape index (κ2) is 8.05. The van der Waals surface area contributed by atoms with Crippen molar-refractivity contribution >= 4 is 17.0 Å². The molecule has 0 amide bonds. The van der Waals surface area contributed by atoms with Crippen LogP contribution in [0, 0.1) is 0 Å². The van der Waals surface area contributed by atoms with Gasteiger partial charge in [-0.2, -0.15) is 4.21 Å². The van der Waals surface area contributed by atoms with Crippen molar-refractivity contribution in [1.82, 2.24) is 0 Å². The predicted octanol–water partition coefficient (Wildman–Crippen LogP) is 2.86. The zero-order chi connectivity index (χ0) is 15.9. The lowest BCUT2D eigenvalue weighted by molar-refractivity contribution is 0.199. The van der Waals surface area contributed by atoms with Gasteiger partial charge in [0.25, 0.3) is 0 Å². The van der Waals surface area contributed by atoms with E-state index in [1.54, 1.807) is 6.92 Å². The third-order valence-electron chi connectivity index (χ3n) is 3.24. The Kier molecular flexibility index (Phi) is 6.09. The van der Waals surface area contributed by atoms with Gasteiger partial charge in [-0.25, -0.2) is 4.18 Å². The lowest BCUT2D eigenvalue weighted by atomic mass is 10.1. The molecule has 0 saturated heterocycles. The highest BCUT2D eigenvalue weighted by Gasteiger charge is 2.11. The van der Waals surface area contributed by atoms with Gasteiger partial charge in [0.15, 0.2) is 0 Å². The lowest BCUT2D eigenvalue weighted by Crippen LogP contribution is -2.26. The second-order valence-electron chi connectivity index (χ2n) is 4.92. The van der Waals surface area contributed by atoms with Crippen LogP contribution in [0.1, 0.15) is 24.2 Å². The van der Waals surface area contributed by atoms with Gasteiger partial charge in [0.2, 0.25) is 0 Å². The Labute approximate surface area is 132 Å². The van der Waals surface area contributed by atoms with Crippen LogP contribution in [0.5, 0.6) is 0 Å². The Morgan fingerprint density at radius 3 is 2.55 bits per heavy atom. The van der Waals surface area contributed by atoms with E-state index in [0.717, 1.165) is 16.8 Å². The first-order valence-electron chi connectivity index (χ1n) is 6.87. The first-order chi connectivity index (χ1) is 10.6. The van der Waals surface area contributed by atoms with Crippen molar-refractivity contribution < 1.29 is 18.1 Å². The summed E-state index contributed by atoms with van der Waals surface area (Å²) >= 11 is -2.32.